The van der Waals surface area contributed by atoms with Gasteiger partial charge in [-0.05, 0) is 57.3 Å². The van der Waals surface area contributed by atoms with Crippen LogP contribution in [-0.4, -0.2) is 60.6 Å². The van der Waals surface area contributed by atoms with E-state index in [1.54, 1.807) is 6.26 Å². The van der Waals surface area contributed by atoms with Gasteiger partial charge in [-0.3, -0.25) is 9.89 Å². The van der Waals surface area contributed by atoms with Crippen molar-refractivity contribution < 1.29 is 4.42 Å². The minimum atomic E-state index is 0.617. The number of nitrogens with one attached hydrogen (secondary N) is 1. The van der Waals surface area contributed by atoms with Crippen molar-refractivity contribution >= 4 is 5.96 Å². The second kappa shape index (κ2) is 8.94. The fraction of sp³-hybridized carbons (Fsp3) is 0.762. The monoisotopic (exact) mass is 358 g/mol. The lowest BCUT2D eigenvalue weighted by Gasteiger charge is -2.32. The smallest absolute Gasteiger partial charge is 0.194 e. The molecule has 3 aliphatic rings. The first kappa shape index (κ1) is 17.9. The Morgan fingerprint density at radius 2 is 1.92 bits per heavy atom. The van der Waals surface area contributed by atoms with Crippen molar-refractivity contribution in [2.75, 3.05) is 32.7 Å². The van der Waals surface area contributed by atoms with Crippen molar-refractivity contribution in [2.24, 2.45) is 4.99 Å². The summed E-state index contributed by atoms with van der Waals surface area (Å²) < 4.78 is 5.46. The molecule has 3 fully saturated rings. The summed E-state index contributed by atoms with van der Waals surface area (Å²) in [6, 6.07) is 5.34. The van der Waals surface area contributed by atoms with Crippen LogP contribution in [0.15, 0.2) is 27.8 Å². The number of piperidine rings is 1. The maximum atomic E-state index is 5.46. The van der Waals surface area contributed by atoms with Crippen LogP contribution in [0, 0.1) is 0 Å². The third-order valence-corrected chi connectivity index (χ3v) is 6.26. The minimum Gasteiger partial charge on any atom is -0.469 e. The van der Waals surface area contributed by atoms with E-state index in [9.17, 15) is 0 Å². The Morgan fingerprint density at radius 3 is 2.69 bits per heavy atom. The number of furan rings is 1. The Labute approximate surface area is 157 Å². The zero-order valence-electron chi connectivity index (χ0n) is 16.0. The number of aliphatic imine (C=N–C) groups is 1. The molecule has 0 bridgehead atoms. The van der Waals surface area contributed by atoms with Gasteiger partial charge in [-0.2, -0.15) is 0 Å². The molecule has 1 N–H and O–H groups in total. The summed E-state index contributed by atoms with van der Waals surface area (Å²) in [6.45, 7) is 5.66. The van der Waals surface area contributed by atoms with Gasteiger partial charge in [0.1, 0.15) is 5.76 Å². The lowest BCUT2D eigenvalue weighted by atomic mass is 10.1. The molecular formula is C21H34N4O. The summed E-state index contributed by atoms with van der Waals surface area (Å²) in [5.41, 5.74) is 0. The second-order valence-corrected chi connectivity index (χ2v) is 8.15. The molecule has 5 nitrogen and oxygen atoms in total. The van der Waals surface area contributed by atoms with Crippen LogP contribution in [0.25, 0.3) is 0 Å². The fourth-order valence-electron chi connectivity index (χ4n) is 4.73. The molecule has 5 heteroatoms. The third kappa shape index (κ3) is 4.61. The molecule has 3 heterocycles. The number of nitrogens with zero attached hydrogens (tertiary/aromatic N) is 3. The summed E-state index contributed by atoms with van der Waals surface area (Å²) in [4.78, 5) is 10.2. The van der Waals surface area contributed by atoms with E-state index in [4.69, 9.17) is 9.41 Å². The largest absolute Gasteiger partial charge is 0.469 e. The summed E-state index contributed by atoms with van der Waals surface area (Å²) in [5, 5.41) is 3.79. The topological polar surface area (TPSA) is 44.0 Å². The molecule has 4 rings (SSSR count). The van der Waals surface area contributed by atoms with Crippen molar-refractivity contribution in [3.8, 4) is 0 Å². The van der Waals surface area contributed by atoms with Gasteiger partial charge in [0.15, 0.2) is 5.96 Å². The first-order valence-corrected chi connectivity index (χ1v) is 10.7. The predicted molar refractivity (Wildman–Crippen MR) is 106 cm³/mol. The number of likely N-dealkylation sites (tertiary alicyclic amines) is 2. The average Bonchev–Trinajstić information content (AvgIpc) is 3.44. The SMILES string of the molecule is c1coc(CCN=C(NC2CCCC2)N2CCC(N3CCCCC3)C2)c1. The van der Waals surface area contributed by atoms with Gasteiger partial charge in [-0.25, -0.2) is 0 Å². The van der Waals surface area contributed by atoms with Gasteiger partial charge < -0.3 is 14.6 Å². The molecule has 2 saturated heterocycles. The highest BCUT2D eigenvalue weighted by molar-refractivity contribution is 5.80. The van der Waals surface area contributed by atoms with Crippen molar-refractivity contribution in [1.82, 2.24) is 15.1 Å². The van der Waals surface area contributed by atoms with Crippen LogP contribution in [-0.2, 0) is 6.42 Å². The summed E-state index contributed by atoms with van der Waals surface area (Å²) in [5.74, 6) is 2.17. The number of rotatable bonds is 5. The van der Waals surface area contributed by atoms with E-state index in [0.29, 0.717) is 6.04 Å². The summed E-state index contributed by atoms with van der Waals surface area (Å²) >= 11 is 0. The molecule has 1 saturated carbocycles. The van der Waals surface area contributed by atoms with Crippen molar-refractivity contribution in [1.29, 1.82) is 0 Å². The van der Waals surface area contributed by atoms with Crippen molar-refractivity contribution in [2.45, 2.75) is 69.9 Å². The van der Waals surface area contributed by atoms with E-state index in [-0.39, 0.29) is 0 Å². The molecule has 1 unspecified atom stereocenters. The van der Waals surface area contributed by atoms with Crippen LogP contribution in [0.2, 0.25) is 0 Å². The minimum absolute atomic E-state index is 0.617. The van der Waals surface area contributed by atoms with Crippen LogP contribution >= 0.6 is 0 Å². The Balaban J connectivity index is 1.36. The molecule has 2 aliphatic heterocycles. The normalized spacial score (nSPS) is 25.9. The quantitative estimate of drug-likeness (QED) is 0.648. The van der Waals surface area contributed by atoms with E-state index in [2.05, 4.69) is 15.1 Å². The van der Waals surface area contributed by atoms with Crippen LogP contribution in [0.5, 0.6) is 0 Å². The van der Waals surface area contributed by atoms with E-state index in [0.717, 1.165) is 43.8 Å². The Hall–Kier alpha value is -1.49. The fourth-order valence-corrected chi connectivity index (χ4v) is 4.73. The zero-order valence-corrected chi connectivity index (χ0v) is 16.0. The van der Waals surface area contributed by atoms with Crippen LogP contribution in [0.1, 0.15) is 57.1 Å². The van der Waals surface area contributed by atoms with Gasteiger partial charge in [0.05, 0.1) is 6.26 Å². The van der Waals surface area contributed by atoms with Crippen molar-refractivity contribution in [3.05, 3.63) is 24.2 Å². The van der Waals surface area contributed by atoms with E-state index < -0.39 is 0 Å². The molecule has 144 valence electrons. The highest BCUT2D eigenvalue weighted by Gasteiger charge is 2.31. The molecule has 1 aromatic heterocycles. The lowest BCUT2D eigenvalue weighted by molar-refractivity contribution is 0.168. The van der Waals surface area contributed by atoms with Gasteiger partial charge in [-0.15, -0.1) is 0 Å². The van der Waals surface area contributed by atoms with Gasteiger partial charge in [0.2, 0.25) is 0 Å². The molecule has 1 aliphatic carbocycles. The lowest BCUT2D eigenvalue weighted by Crippen LogP contribution is -2.47. The Bertz CT molecular complexity index is 559. The first-order chi connectivity index (χ1) is 12.9. The maximum absolute atomic E-state index is 5.46. The molecule has 0 radical (unpaired) electrons. The average molecular weight is 359 g/mol. The number of hydrogen-bond donors (Lipinski definition) is 1. The standard InChI is InChI=1S/C21H34N4O/c1-4-13-24(14-5-1)19-11-15-25(17-19)21(23-18-7-2-3-8-18)22-12-10-20-9-6-16-26-20/h6,9,16,18-19H,1-5,7-8,10-15,17H2,(H,22,23). The van der Waals surface area contributed by atoms with E-state index >= 15 is 0 Å². The molecular weight excluding hydrogens is 324 g/mol. The van der Waals surface area contributed by atoms with Gasteiger partial charge in [0, 0.05) is 38.1 Å². The summed E-state index contributed by atoms with van der Waals surface area (Å²) in [6.07, 6.45) is 13.4. The first-order valence-electron chi connectivity index (χ1n) is 10.7. The predicted octanol–water partition coefficient (Wildman–Crippen LogP) is 3.27. The zero-order chi connectivity index (χ0) is 17.6. The highest BCUT2D eigenvalue weighted by Crippen LogP contribution is 2.22. The number of hydrogen-bond acceptors (Lipinski definition) is 3. The van der Waals surface area contributed by atoms with Crippen LogP contribution in [0.3, 0.4) is 0 Å². The van der Waals surface area contributed by atoms with Gasteiger partial charge in [-0.1, -0.05) is 19.3 Å². The summed E-state index contributed by atoms with van der Waals surface area (Å²) in [7, 11) is 0. The van der Waals surface area contributed by atoms with Crippen LogP contribution in [0.4, 0.5) is 0 Å². The molecule has 0 aromatic carbocycles. The number of guanidine groups is 1. The van der Waals surface area contributed by atoms with E-state index in [1.165, 1.54) is 64.5 Å². The van der Waals surface area contributed by atoms with Gasteiger partial charge >= 0.3 is 0 Å². The highest BCUT2D eigenvalue weighted by atomic mass is 16.3. The molecule has 26 heavy (non-hydrogen) atoms. The molecule has 0 amide bonds. The maximum Gasteiger partial charge on any atom is 0.194 e. The van der Waals surface area contributed by atoms with E-state index in [1.807, 2.05) is 12.1 Å². The molecule has 1 aromatic rings. The Morgan fingerprint density at radius 1 is 1.08 bits per heavy atom. The molecule has 0 spiro atoms. The van der Waals surface area contributed by atoms with Crippen molar-refractivity contribution in [3.63, 3.8) is 0 Å². The van der Waals surface area contributed by atoms with Gasteiger partial charge in [0.25, 0.3) is 0 Å². The Kier molecular flexibility index (Phi) is 6.15. The third-order valence-electron chi connectivity index (χ3n) is 6.26. The van der Waals surface area contributed by atoms with Crippen LogP contribution < -0.4 is 5.32 Å². The molecule has 1 atom stereocenters. The second-order valence-electron chi connectivity index (χ2n) is 8.15.